The van der Waals surface area contributed by atoms with E-state index in [1.54, 1.807) is 24.3 Å². The van der Waals surface area contributed by atoms with E-state index in [9.17, 15) is 9.59 Å². The molecule has 1 aliphatic rings. The van der Waals surface area contributed by atoms with Gasteiger partial charge in [0.05, 0.1) is 0 Å². The van der Waals surface area contributed by atoms with Gasteiger partial charge in [-0.05, 0) is 43.0 Å². The Labute approximate surface area is 117 Å². The van der Waals surface area contributed by atoms with E-state index in [4.69, 9.17) is 16.7 Å². The van der Waals surface area contributed by atoms with Crippen molar-refractivity contribution in [2.75, 3.05) is 11.4 Å². The van der Waals surface area contributed by atoms with Crippen LogP contribution in [0.1, 0.15) is 25.7 Å². The van der Waals surface area contributed by atoms with Crippen molar-refractivity contribution in [1.82, 2.24) is 0 Å². The van der Waals surface area contributed by atoms with Crippen LogP contribution >= 0.6 is 11.6 Å². The highest BCUT2D eigenvalue weighted by atomic mass is 35.5. The number of halogens is 1. The van der Waals surface area contributed by atoms with Gasteiger partial charge in [-0.15, -0.1) is 0 Å². The molecule has 0 atom stereocenters. The lowest BCUT2D eigenvalue weighted by atomic mass is 9.82. The fourth-order valence-electron chi connectivity index (χ4n) is 2.13. The first-order valence-electron chi connectivity index (χ1n) is 6.34. The molecule has 19 heavy (non-hydrogen) atoms. The molecule has 1 aromatic rings. The maximum Gasteiger partial charge on any atom is 0.323 e. The lowest BCUT2D eigenvalue weighted by Crippen LogP contribution is -2.37. The Kier molecular flexibility index (Phi) is 4.43. The third-order valence-electron chi connectivity index (χ3n) is 3.42. The molecule has 0 unspecified atom stereocenters. The number of carboxylic acid groups (broad SMARTS) is 1. The molecule has 1 aromatic carbocycles. The summed E-state index contributed by atoms with van der Waals surface area (Å²) in [6.07, 6.45) is 3.72. The van der Waals surface area contributed by atoms with Crippen LogP contribution in [0.2, 0.25) is 5.02 Å². The Balaban J connectivity index is 2.11. The number of aliphatic carboxylic acids is 1. The summed E-state index contributed by atoms with van der Waals surface area (Å²) in [5.41, 5.74) is 0.580. The molecule has 0 radical (unpaired) electrons. The van der Waals surface area contributed by atoms with Crippen molar-refractivity contribution in [3.63, 3.8) is 0 Å². The van der Waals surface area contributed by atoms with E-state index in [1.807, 2.05) is 0 Å². The number of rotatable bonds is 5. The number of amides is 1. The zero-order chi connectivity index (χ0) is 13.8. The molecule has 1 fully saturated rings. The van der Waals surface area contributed by atoms with E-state index in [-0.39, 0.29) is 12.5 Å². The summed E-state index contributed by atoms with van der Waals surface area (Å²) in [6.45, 7) is -0.312. The lowest BCUT2D eigenvalue weighted by molar-refractivity contribution is -0.136. The van der Waals surface area contributed by atoms with Crippen molar-refractivity contribution in [3.05, 3.63) is 29.3 Å². The highest BCUT2D eigenvalue weighted by Gasteiger charge is 2.25. The van der Waals surface area contributed by atoms with Gasteiger partial charge in [-0.1, -0.05) is 18.0 Å². The van der Waals surface area contributed by atoms with Crippen LogP contribution in [0.3, 0.4) is 0 Å². The molecule has 1 saturated carbocycles. The Bertz CT molecular complexity index is 468. The van der Waals surface area contributed by atoms with Gasteiger partial charge in [-0.2, -0.15) is 0 Å². The first kappa shape index (κ1) is 13.9. The number of benzene rings is 1. The molecule has 102 valence electrons. The predicted molar refractivity (Wildman–Crippen MR) is 73.4 cm³/mol. The largest absolute Gasteiger partial charge is 0.480 e. The van der Waals surface area contributed by atoms with Crippen molar-refractivity contribution < 1.29 is 14.7 Å². The van der Waals surface area contributed by atoms with E-state index in [1.165, 1.54) is 4.90 Å². The topological polar surface area (TPSA) is 57.6 Å². The lowest BCUT2D eigenvalue weighted by Gasteiger charge is -2.28. The van der Waals surface area contributed by atoms with Gasteiger partial charge in [0.25, 0.3) is 0 Å². The number of carbonyl (C=O) groups is 2. The zero-order valence-corrected chi connectivity index (χ0v) is 11.3. The molecule has 0 saturated heterocycles. The summed E-state index contributed by atoms with van der Waals surface area (Å²) in [6, 6.07) is 6.65. The van der Waals surface area contributed by atoms with Gasteiger partial charge in [0.2, 0.25) is 5.91 Å². The third-order valence-corrected chi connectivity index (χ3v) is 3.67. The molecule has 0 heterocycles. The maximum atomic E-state index is 12.2. The summed E-state index contributed by atoms with van der Waals surface area (Å²) < 4.78 is 0. The molecule has 2 rings (SSSR count). The molecule has 1 aliphatic carbocycles. The number of nitrogens with zero attached hydrogens (tertiary/aromatic N) is 1. The molecule has 0 bridgehead atoms. The number of hydrogen-bond donors (Lipinski definition) is 1. The zero-order valence-electron chi connectivity index (χ0n) is 10.5. The Morgan fingerprint density at radius 2 is 1.89 bits per heavy atom. The van der Waals surface area contributed by atoms with Crippen LogP contribution in [0.5, 0.6) is 0 Å². The van der Waals surface area contributed by atoms with Crippen LogP contribution in [0.25, 0.3) is 0 Å². The minimum Gasteiger partial charge on any atom is -0.480 e. The quantitative estimate of drug-likeness (QED) is 0.903. The van der Waals surface area contributed by atoms with Crippen LogP contribution in [0.4, 0.5) is 5.69 Å². The second kappa shape index (κ2) is 6.06. The smallest absolute Gasteiger partial charge is 0.323 e. The summed E-state index contributed by atoms with van der Waals surface area (Å²) in [5, 5.41) is 9.49. The van der Waals surface area contributed by atoms with Gasteiger partial charge < -0.3 is 10.0 Å². The number of carbonyl (C=O) groups excluding carboxylic acids is 1. The predicted octanol–water partition coefficient (Wildman–Crippen LogP) is 2.95. The van der Waals surface area contributed by atoms with Crippen molar-refractivity contribution in [1.29, 1.82) is 0 Å². The van der Waals surface area contributed by atoms with Crippen LogP contribution in [0.15, 0.2) is 24.3 Å². The highest BCUT2D eigenvalue weighted by molar-refractivity contribution is 6.30. The average Bonchev–Trinajstić information content (AvgIpc) is 2.31. The molecule has 1 amide bonds. The second-order valence-corrected chi connectivity index (χ2v) is 5.29. The molecule has 0 aliphatic heterocycles. The monoisotopic (exact) mass is 281 g/mol. The normalized spacial score (nSPS) is 14.8. The maximum absolute atomic E-state index is 12.2. The molecule has 1 N–H and O–H groups in total. The summed E-state index contributed by atoms with van der Waals surface area (Å²) in [7, 11) is 0. The third kappa shape index (κ3) is 3.70. The second-order valence-electron chi connectivity index (χ2n) is 4.85. The summed E-state index contributed by atoms with van der Waals surface area (Å²) in [5.74, 6) is -0.734. The van der Waals surface area contributed by atoms with Crippen molar-refractivity contribution >= 4 is 29.2 Å². The van der Waals surface area contributed by atoms with Gasteiger partial charge in [-0.3, -0.25) is 9.59 Å². The number of hydrogen-bond acceptors (Lipinski definition) is 2. The summed E-state index contributed by atoms with van der Waals surface area (Å²) in [4.78, 5) is 24.4. The highest BCUT2D eigenvalue weighted by Crippen LogP contribution is 2.30. The molecule has 4 nitrogen and oxygen atoms in total. The summed E-state index contributed by atoms with van der Waals surface area (Å²) >= 11 is 5.80. The van der Waals surface area contributed by atoms with E-state index in [0.29, 0.717) is 23.0 Å². The van der Waals surface area contributed by atoms with Crippen LogP contribution in [-0.2, 0) is 9.59 Å². The fraction of sp³-hybridized carbons (Fsp3) is 0.429. The average molecular weight is 282 g/mol. The minimum atomic E-state index is -1.02. The number of carboxylic acids is 1. The first-order valence-corrected chi connectivity index (χ1v) is 6.72. The minimum absolute atomic E-state index is 0.130. The van der Waals surface area contributed by atoms with Crippen molar-refractivity contribution in [2.45, 2.75) is 25.7 Å². The van der Waals surface area contributed by atoms with Crippen LogP contribution in [-0.4, -0.2) is 23.5 Å². The van der Waals surface area contributed by atoms with E-state index in [0.717, 1.165) is 19.3 Å². The molecular weight excluding hydrogens is 266 g/mol. The van der Waals surface area contributed by atoms with Gasteiger partial charge in [0.1, 0.15) is 6.54 Å². The van der Waals surface area contributed by atoms with Gasteiger partial charge in [-0.25, -0.2) is 0 Å². The van der Waals surface area contributed by atoms with Crippen molar-refractivity contribution in [2.24, 2.45) is 5.92 Å². The molecular formula is C14H16ClNO3. The van der Waals surface area contributed by atoms with E-state index < -0.39 is 5.97 Å². The fourth-order valence-corrected chi connectivity index (χ4v) is 2.26. The standard InChI is InChI=1S/C14H16ClNO3/c15-11-4-6-12(7-5-11)16(9-14(18)19)13(17)8-10-2-1-3-10/h4-7,10H,1-3,8-9H2,(H,18,19). The van der Waals surface area contributed by atoms with E-state index >= 15 is 0 Å². The van der Waals surface area contributed by atoms with E-state index in [2.05, 4.69) is 0 Å². The number of anilines is 1. The van der Waals surface area contributed by atoms with Gasteiger partial charge >= 0.3 is 5.97 Å². The van der Waals surface area contributed by atoms with Gasteiger partial charge in [0.15, 0.2) is 0 Å². The Morgan fingerprint density at radius 3 is 2.37 bits per heavy atom. The van der Waals surface area contributed by atoms with Crippen LogP contribution in [0, 0.1) is 5.92 Å². The molecule has 5 heteroatoms. The Morgan fingerprint density at radius 1 is 1.26 bits per heavy atom. The first-order chi connectivity index (χ1) is 9.06. The molecule has 0 aromatic heterocycles. The Hall–Kier alpha value is -1.55. The van der Waals surface area contributed by atoms with Crippen LogP contribution < -0.4 is 4.90 Å². The van der Waals surface area contributed by atoms with Gasteiger partial charge in [0, 0.05) is 17.1 Å². The molecule has 0 spiro atoms. The van der Waals surface area contributed by atoms with Crippen molar-refractivity contribution in [3.8, 4) is 0 Å². The SMILES string of the molecule is O=C(O)CN(C(=O)CC1CCC1)c1ccc(Cl)cc1.